The van der Waals surface area contributed by atoms with E-state index in [4.69, 9.17) is 5.73 Å². The molecule has 0 radical (unpaired) electrons. The number of halogens is 2. The standard InChI is InChI=1S/C20H24N6O.2ClH/c1-13(21)18-7-3-4-11-25(18)20(27)19-14(2)26(24-23-19)16-8-9-17-15(12-16)6-5-10-22-17;;/h5-6,8-10,12-13,18H,3-4,7,11,21H2,1-2H3;2*1H. The molecule has 7 nitrogen and oxygen atoms in total. The van der Waals surface area contributed by atoms with Gasteiger partial charge >= 0.3 is 0 Å². The molecule has 156 valence electrons. The summed E-state index contributed by atoms with van der Waals surface area (Å²) in [6.45, 7) is 4.56. The molecule has 0 spiro atoms. The molecule has 0 aliphatic carbocycles. The highest BCUT2D eigenvalue weighted by Gasteiger charge is 2.32. The summed E-state index contributed by atoms with van der Waals surface area (Å²) in [6.07, 6.45) is 4.81. The summed E-state index contributed by atoms with van der Waals surface area (Å²) in [5.74, 6) is -0.0804. The molecule has 1 saturated heterocycles. The Morgan fingerprint density at radius 3 is 2.79 bits per heavy atom. The smallest absolute Gasteiger partial charge is 0.276 e. The second-order valence-corrected chi connectivity index (χ2v) is 7.24. The van der Waals surface area contributed by atoms with Crippen molar-refractivity contribution in [3.8, 4) is 5.69 Å². The van der Waals surface area contributed by atoms with Gasteiger partial charge in [-0.05, 0) is 57.4 Å². The van der Waals surface area contributed by atoms with E-state index >= 15 is 0 Å². The van der Waals surface area contributed by atoms with Crippen LogP contribution in [0, 0.1) is 6.92 Å². The van der Waals surface area contributed by atoms with E-state index < -0.39 is 0 Å². The molecule has 2 N–H and O–H groups in total. The number of hydrogen-bond acceptors (Lipinski definition) is 5. The molecule has 1 amide bonds. The number of fused-ring (bicyclic) bond motifs is 1. The van der Waals surface area contributed by atoms with E-state index in [-0.39, 0.29) is 42.8 Å². The lowest BCUT2D eigenvalue weighted by Gasteiger charge is -2.37. The summed E-state index contributed by atoms with van der Waals surface area (Å²) >= 11 is 0. The van der Waals surface area contributed by atoms with Crippen LogP contribution in [0.25, 0.3) is 16.6 Å². The maximum absolute atomic E-state index is 13.1. The molecule has 3 aromatic rings. The fraction of sp³-hybridized carbons (Fsp3) is 0.400. The number of amides is 1. The first-order valence-corrected chi connectivity index (χ1v) is 9.40. The fourth-order valence-corrected chi connectivity index (χ4v) is 3.86. The van der Waals surface area contributed by atoms with E-state index in [1.807, 2.05) is 49.1 Å². The van der Waals surface area contributed by atoms with Crippen molar-refractivity contribution in [2.75, 3.05) is 6.54 Å². The van der Waals surface area contributed by atoms with E-state index in [0.29, 0.717) is 5.69 Å². The van der Waals surface area contributed by atoms with Crippen LogP contribution in [0.2, 0.25) is 0 Å². The van der Waals surface area contributed by atoms with Gasteiger partial charge in [-0.1, -0.05) is 11.3 Å². The van der Waals surface area contributed by atoms with Gasteiger partial charge in [-0.25, -0.2) is 4.68 Å². The Labute approximate surface area is 182 Å². The number of benzene rings is 1. The number of likely N-dealkylation sites (tertiary alicyclic amines) is 1. The Morgan fingerprint density at radius 1 is 1.24 bits per heavy atom. The largest absolute Gasteiger partial charge is 0.333 e. The Balaban J connectivity index is 0.00000150. The van der Waals surface area contributed by atoms with Gasteiger partial charge in [-0.3, -0.25) is 9.78 Å². The highest BCUT2D eigenvalue weighted by Crippen LogP contribution is 2.23. The van der Waals surface area contributed by atoms with Gasteiger partial charge in [0.05, 0.1) is 16.9 Å². The van der Waals surface area contributed by atoms with Gasteiger partial charge in [0.1, 0.15) is 0 Å². The van der Waals surface area contributed by atoms with Crippen molar-refractivity contribution >= 4 is 41.6 Å². The first-order valence-electron chi connectivity index (χ1n) is 9.40. The predicted octanol–water partition coefficient (Wildman–Crippen LogP) is 3.31. The molecular formula is C20H26Cl2N6O. The number of nitrogens with zero attached hydrogens (tertiary/aromatic N) is 5. The Morgan fingerprint density at radius 2 is 2.03 bits per heavy atom. The van der Waals surface area contributed by atoms with Gasteiger partial charge in [-0.15, -0.1) is 29.9 Å². The third kappa shape index (κ3) is 4.37. The van der Waals surface area contributed by atoms with Crippen molar-refractivity contribution in [3.63, 3.8) is 0 Å². The summed E-state index contributed by atoms with van der Waals surface area (Å²) in [5, 5.41) is 9.47. The number of rotatable bonds is 3. The predicted molar refractivity (Wildman–Crippen MR) is 118 cm³/mol. The number of pyridine rings is 1. The monoisotopic (exact) mass is 436 g/mol. The molecule has 1 aliphatic heterocycles. The first kappa shape index (κ1) is 23.1. The minimum Gasteiger partial charge on any atom is -0.333 e. The van der Waals surface area contributed by atoms with Crippen LogP contribution in [-0.2, 0) is 0 Å². The lowest BCUT2D eigenvalue weighted by molar-refractivity contribution is 0.0577. The SMILES string of the molecule is Cc1c(C(=O)N2CCCCC2C(C)N)nnn1-c1ccc2ncccc2c1.Cl.Cl. The number of carbonyl (C=O) groups is 1. The van der Waals surface area contributed by atoms with Crippen LogP contribution in [0.5, 0.6) is 0 Å². The molecule has 1 aliphatic rings. The Hall–Kier alpha value is -2.22. The fourth-order valence-electron chi connectivity index (χ4n) is 3.86. The molecule has 2 atom stereocenters. The lowest BCUT2D eigenvalue weighted by atomic mass is 9.96. The number of carbonyl (C=O) groups excluding carboxylic acids is 1. The summed E-state index contributed by atoms with van der Waals surface area (Å²) in [6, 6.07) is 9.80. The third-order valence-electron chi connectivity index (χ3n) is 5.35. The van der Waals surface area contributed by atoms with Crippen LogP contribution in [0.1, 0.15) is 42.4 Å². The van der Waals surface area contributed by atoms with Crippen molar-refractivity contribution in [2.24, 2.45) is 5.73 Å². The zero-order valence-corrected chi connectivity index (χ0v) is 18.1. The molecule has 2 aromatic heterocycles. The van der Waals surface area contributed by atoms with E-state index in [0.717, 1.165) is 48.1 Å². The lowest BCUT2D eigenvalue weighted by Crippen LogP contribution is -2.51. The minimum atomic E-state index is -0.0804. The summed E-state index contributed by atoms with van der Waals surface area (Å²) in [4.78, 5) is 19.4. The molecule has 1 fully saturated rings. The number of hydrogen-bond donors (Lipinski definition) is 1. The quantitative estimate of drug-likeness (QED) is 0.679. The van der Waals surface area contributed by atoms with Crippen LogP contribution >= 0.6 is 24.8 Å². The molecular weight excluding hydrogens is 411 g/mol. The number of aromatic nitrogens is 4. The molecule has 2 unspecified atom stereocenters. The highest BCUT2D eigenvalue weighted by molar-refractivity contribution is 5.93. The average Bonchev–Trinajstić information content (AvgIpc) is 3.08. The number of piperidine rings is 1. The zero-order chi connectivity index (χ0) is 19.0. The summed E-state index contributed by atoms with van der Waals surface area (Å²) in [5.41, 5.74) is 9.03. The summed E-state index contributed by atoms with van der Waals surface area (Å²) < 4.78 is 1.71. The van der Waals surface area contributed by atoms with E-state index in [1.165, 1.54) is 0 Å². The van der Waals surface area contributed by atoms with Gasteiger partial charge < -0.3 is 10.6 Å². The van der Waals surface area contributed by atoms with Gasteiger partial charge in [0, 0.05) is 30.2 Å². The van der Waals surface area contributed by atoms with E-state index in [9.17, 15) is 4.79 Å². The molecule has 0 bridgehead atoms. The van der Waals surface area contributed by atoms with Crippen LogP contribution in [0.3, 0.4) is 0 Å². The normalized spacial score (nSPS) is 17.3. The molecule has 0 saturated carbocycles. The summed E-state index contributed by atoms with van der Waals surface area (Å²) in [7, 11) is 0. The Bertz CT molecular complexity index is 990. The van der Waals surface area contributed by atoms with Crippen molar-refractivity contribution in [1.29, 1.82) is 0 Å². The topological polar surface area (TPSA) is 89.9 Å². The second-order valence-electron chi connectivity index (χ2n) is 7.24. The zero-order valence-electron chi connectivity index (χ0n) is 16.5. The molecule has 3 heterocycles. The van der Waals surface area contributed by atoms with Gasteiger partial charge in [0.2, 0.25) is 0 Å². The molecule has 9 heteroatoms. The van der Waals surface area contributed by atoms with Crippen molar-refractivity contribution in [3.05, 3.63) is 47.9 Å². The maximum atomic E-state index is 13.1. The van der Waals surface area contributed by atoms with E-state index in [1.54, 1.807) is 10.9 Å². The molecule has 4 rings (SSSR count). The average molecular weight is 437 g/mol. The van der Waals surface area contributed by atoms with Crippen LogP contribution < -0.4 is 5.73 Å². The molecule has 29 heavy (non-hydrogen) atoms. The van der Waals surface area contributed by atoms with Crippen LogP contribution in [0.15, 0.2) is 36.5 Å². The van der Waals surface area contributed by atoms with Gasteiger partial charge in [-0.2, -0.15) is 0 Å². The van der Waals surface area contributed by atoms with Gasteiger partial charge in [0.15, 0.2) is 5.69 Å². The molecule has 1 aromatic carbocycles. The second kappa shape index (κ2) is 9.52. The van der Waals surface area contributed by atoms with E-state index in [2.05, 4.69) is 15.3 Å². The number of nitrogens with two attached hydrogens (primary N) is 1. The van der Waals surface area contributed by atoms with Gasteiger partial charge in [0.25, 0.3) is 5.91 Å². The third-order valence-corrected chi connectivity index (χ3v) is 5.35. The van der Waals surface area contributed by atoms with Crippen LogP contribution in [-0.4, -0.2) is 49.4 Å². The van der Waals surface area contributed by atoms with Crippen molar-refractivity contribution in [2.45, 2.75) is 45.2 Å². The minimum absolute atomic E-state index is 0. The van der Waals surface area contributed by atoms with Crippen LogP contribution in [0.4, 0.5) is 0 Å². The van der Waals surface area contributed by atoms with Crippen molar-refractivity contribution < 1.29 is 4.79 Å². The Kier molecular flexibility index (Phi) is 7.57. The highest BCUT2D eigenvalue weighted by atomic mass is 35.5. The van der Waals surface area contributed by atoms with Crippen molar-refractivity contribution in [1.82, 2.24) is 24.9 Å². The maximum Gasteiger partial charge on any atom is 0.276 e. The first-order chi connectivity index (χ1) is 13.1.